The van der Waals surface area contributed by atoms with Crippen molar-refractivity contribution in [2.24, 2.45) is 4.99 Å². The molecule has 0 bridgehead atoms. The lowest BCUT2D eigenvalue weighted by molar-refractivity contribution is -0.157. The number of amides is 1. The van der Waals surface area contributed by atoms with E-state index in [1.165, 1.54) is 16.7 Å². The third-order valence-corrected chi connectivity index (χ3v) is 6.40. The average Bonchev–Trinajstić information content (AvgIpc) is 3.11. The second kappa shape index (κ2) is 11.3. The Labute approximate surface area is 212 Å². The number of esters is 2. The fourth-order valence-corrected chi connectivity index (χ4v) is 4.63. The molecule has 10 heteroatoms. The summed E-state index contributed by atoms with van der Waals surface area (Å²) in [5.41, 5.74) is -0.401. The molecule has 0 saturated heterocycles. The monoisotopic (exact) mass is 522 g/mol. The Hall–Kier alpha value is -2.55. The highest BCUT2D eigenvalue weighted by molar-refractivity contribution is 8.13. The molecule has 0 aromatic heterocycles. The maximum atomic E-state index is 14.2. The first-order valence-corrected chi connectivity index (χ1v) is 12.6. The fraction of sp³-hybridized carbons (Fsp3) is 0.333. The molecule has 0 radical (unpaired) electrons. The molecule has 1 aliphatic heterocycles. The molecule has 0 N–H and O–H groups in total. The second-order valence-corrected chi connectivity index (χ2v) is 8.92. The van der Waals surface area contributed by atoms with Crippen LogP contribution in [0.25, 0.3) is 0 Å². The average molecular weight is 523 g/mol. The maximum absolute atomic E-state index is 14.2. The number of aliphatic imine (C=N–C) groups is 1. The highest BCUT2D eigenvalue weighted by atomic mass is 35.5. The maximum Gasteiger partial charge on any atom is 0.329 e. The van der Waals surface area contributed by atoms with Gasteiger partial charge in [-0.25, -0.2) is 9.79 Å². The normalized spacial score (nSPS) is 15.6. The van der Waals surface area contributed by atoms with Crippen LogP contribution in [-0.2, 0) is 29.4 Å². The van der Waals surface area contributed by atoms with Crippen LogP contribution in [0.4, 0.5) is 0 Å². The first-order chi connectivity index (χ1) is 16.3. The number of thioether (sulfide) groups is 1. The van der Waals surface area contributed by atoms with Crippen molar-refractivity contribution >= 4 is 58.0 Å². The summed E-state index contributed by atoms with van der Waals surface area (Å²) in [5, 5.41) is 1.27. The van der Waals surface area contributed by atoms with Gasteiger partial charge in [0.05, 0.1) is 19.6 Å². The highest BCUT2D eigenvalue weighted by Crippen LogP contribution is 2.43. The Kier molecular flexibility index (Phi) is 8.62. The summed E-state index contributed by atoms with van der Waals surface area (Å²) in [5.74, 6) is -1.83. The van der Waals surface area contributed by atoms with E-state index in [4.69, 9.17) is 37.7 Å². The molecule has 34 heavy (non-hydrogen) atoms. The van der Waals surface area contributed by atoms with Crippen LogP contribution in [0.2, 0.25) is 10.0 Å². The van der Waals surface area contributed by atoms with Crippen LogP contribution in [0.5, 0.6) is 0 Å². The predicted octanol–water partition coefficient (Wildman–Crippen LogP) is 4.68. The van der Waals surface area contributed by atoms with Crippen LogP contribution >= 0.6 is 35.0 Å². The number of halogens is 2. The zero-order valence-electron chi connectivity index (χ0n) is 18.9. The predicted molar refractivity (Wildman–Crippen MR) is 133 cm³/mol. The molecule has 0 saturated carbocycles. The first-order valence-electron chi connectivity index (χ1n) is 10.6. The van der Waals surface area contributed by atoms with Gasteiger partial charge in [0, 0.05) is 10.0 Å². The molecular weight excluding hydrogens is 499 g/mol. The topological polar surface area (TPSA) is 85.3 Å². The number of rotatable bonds is 8. The largest absolute Gasteiger partial charge is 0.466 e. The van der Waals surface area contributed by atoms with Crippen LogP contribution in [0.15, 0.2) is 53.5 Å². The summed E-state index contributed by atoms with van der Waals surface area (Å²) in [6.07, 6.45) is 1.38. The van der Waals surface area contributed by atoms with Gasteiger partial charge in [-0.05, 0) is 55.5 Å². The van der Waals surface area contributed by atoms with E-state index in [-0.39, 0.29) is 24.8 Å². The van der Waals surface area contributed by atoms with Gasteiger partial charge in [-0.1, -0.05) is 59.2 Å². The van der Waals surface area contributed by atoms with Crippen LogP contribution in [-0.4, -0.2) is 53.4 Å². The third kappa shape index (κ3) is 5.09. The number of ether oxygens (including phenoxy) is 2. The van der Waals surface area contributed by atoms with Gasteiger partial charge in [0.15, 0.2) is 10.7 Å². The summed E-state index contributed by atoms with van der Waals surface area (Å²) in [7, 11) is 0. The van der Waals surface area contributed by atoms with Gasteiger partial charge in [0.2, 0.25) is 0 Å². The molecule has 0 fully saturated rings. The SMILES string of the molecule is CCOC(=O)CC(C(=O)OCC)N1C(=O)C(c2ccc(Cl)cc2)(c2ccc(Cl)cc2)N=C1SC. The lowest BCUT2D eigenvalue weighted by atomic mass is 9.82. The Morgan fingerprint density at radius 3 is 1.91 bits per heavy atom. The zero-order valence-corrected chi connectivity index (χ0v) is 21.2. The van der Waals surface area contributed by atoms with Crippen molar-refractivity contribution in [1.29, 1.82) is 0 Å². The molecule has 1 atom stereocenters. The molecule has 2 aromatic carbocycles. The highest BCUT2D eigenvalue weighted by Gasteiger charge is 2.54. The zero-order chi connectivity index (χ0) is 24.9. The van der Waals surface area contributed by atoms with E-state index in [0.29, 0.717) is 21.2 Å². The van der Waals surface area contributed by atoms with Gasteiger partial charge >= 0.3 is 11.9 Å². The molecule has 1 amide bonds. The van der Waals surface area contributed by atoms with Crippen molar-refractivity contribution in [3.8, 4) is 0 Å². The summed E-state index contributed by atoms with van der Waals surface area (Å²) < 4.78 is 10.3. The van der Waals surface area contributed by atoms with Crippen molar-refractivity contribution in [2.75, 3.05) is 19.5 Å². The summed E-state index contributed by atoms with van der Waals surface area (Å²) >= 11 is 13.4. The van der Waals surface area contributed by atoms with Crippen LogP contribution < -0.4 is 0 Å². The van der Waals surface area contributed by atoms with E-state index in [9.17, 15) is 14.4 Å². The minimum atomic E-state index is -1.51. The minimum absolute atomic E-state index is 0.0887. The number of nitrogens with zero attached hydrogens (tertiary/aromatic N) is 2. The van der Waals surface area contributed by atoms with Crippen molar-refractivity contribution < 1.29 is 23.9 Å². The number of carbonyl (C=O) groups excluding carboxylic acids is 3. The minimum Gasteiger partial charge on any atom is -0.466 e. The van der Waals surface area contributed by atoms with E-state index < -0.39 is 29.4 Å². The van der Waals surface area contributed by atoms with Gasteiger partial charge in [-0.3, -0.25) is 14.5 Å². The Morgan fingerprint density at radius 1 is 0.971 bits per heavy atom. The van der Waals surface area contributed by atoms with E-state index >= 15 is 0 Å². The first kappa shape index (κ1) is 26.1. The van der Waals surface area contributed by atoms with Crippen molar-refractivity contribution in [3.05, 3.63) is 69.7 Å². The quantitative estimate of drug-likeness (QED) is 0.467. The van der Waals surface area contributed by atoms with E-state index in [0.717, 1.165) is 0 Å². The number of benzene rings is 2. The third-order valence-electron chi connectivity index (χ3n) is 5.24. The van der Waals surface area contributed by atoms with Gasteiger partial charge in [0.25, 0.3) is 5.91 Å². The lowest BCUT2D eigenvalue weighted by Crippen LogP contribution is -2.51. The Morgan fingerprint density at radius 2 is 1.47 bits per heavy atom. The second-order valence-electron chi connectivity index (χ2n) is 7.27. The Balaban J connectivity index is 2.19. The number of amidine groups is 1. The molecule has 0 spiro atoms. The number of hydrogen-bond acceptors (Lipinski definition) is 7. The van der Waals surface area contributed by atoms with E-state index in [1.54, 1.807) is 68.6 Å². The standard InChI is InChI=1S/C24H24Cl2N2O5S/c1-4-32-20(29)14-19(21(30)33-5-2)28-22(31)24(27-23(28)34-3,15-6-10-17(25)11-7-15)16-8-12-18(26)13-9-16/h6-13,19H,4-5,14H2,1-3H3. The van der Waals surface area contributed by atoms with Gasteiger partial charge in [0.1, 0.15) is 6.04 Å². The molecule has 2 aromatic rings. The molecule has 3 rings (SSSR count). The van der Waals surface area contributed by atoms with E-state index in [2.05, 4.69) is 0 Å². The summed E-state index contributed by atoms with van der Waals surface area (Å²) in [6, 6.07) is 12.3. The molecule has 1 unspecified atom stereocenters. The molecule has 1 heterocycles. The number of hydrogen-bond donors (Lipinski definition) is 0. The van der Waals surface area contributed by atoms with Gasteiger partial charge < -0.3 is 9.47 Å². The fourth-order valence-electron chi connectivity index (χ4n) is 3.75. The molecule has 1 aliphatic rings. The van der Waals surface area contributed by atoms with Crippen LogP contribution in [0, 0.1) is 0 Å². The summed E-state index contributed by atoms with van der Waals surface area (Å²) in [4.78, 5) is 45.6. The van der Waals surface area contributed by atoms with Crippen LogP contribution in [0.3, 0.4) is 0 Å². The van der Waals surface area contributed by atoms with Crippen molar-refractivity contribution in [3.63, 3.8) is 0 Å². The van der Waals surface area contributed by atoms with Crippen molar-refractivity contribution in [2.45, 2.75) is 31.8 Å². The van der Waals surface area contributed by atoms with Crippen molar-refractivity contribution in [1.82, 2.24) is 4.90 Å². The Bertz CT molecular complexity index is 1040. The smallest absolute Gasteiger partial charge is 0.329 e. The molecule has 180 valence electrons. The van der Waals surface area contributed by atoms with Gasteiger partial charge in [-0.2, -0.15) is 0 Å². The lowest BCUT2D eigenvalue weighted by Gasteiger charge is -2.30. The molecular formula is C24H24Cl2N2O5S. The molecule has 7 nitrogen and oxygen atoms in total. The van der Waals surface area contributed by atoms with E-state index in [1.807, 2.05) is 0 Å². The van der Waals surface area contributed by atoms with Crippen LogP contribution in [0.1, 0.15) is 31.4 Å². The van der Waals surface area contributed by atoms with Gasteiger partial charge in [-0.15, -0.1) is 0 Å². The molecule has 0 aliphatic carbocycles. The summed E-state index contributed by atoms with van der Waals surface area (Å²) in [6.45, 7) is 3.55. The number of carbonyl (C=O) groups is 3.